The van der Waals surface area contributed by atoms with E-state index in [-0.39, 0.29) is 0 Å². The Bertz CT molecular complexity index is 506. The van der Waals surface area contributed by atoms with Gasteiger partial charge in [0.1, 0.15) is 6.33 Å². The number of hydrogen-bond donors (Lipinski definition) is 1. The van der Waals surface area contributed by atoms with Crippen LogP contribution in [0.2, 0.25) is 0 Å². The molecule has 0 spiro atoms. The zero-order valence-corrected chi connectivity index (χ0v) is 10.0. The van der Waals surface area contributed by atoms with E-state index in [4.69, 9.17) is 0 Å². The maximum absolute atomic E-state index is 4.37. The zero-order valence-electron chi connectivity index (χ0n) is 10.0. The van der Waals surface area contributed by atoms with Gasteiger partial charge in [-0.3, -0.25) is 4.40 Å². The molecule has 2 heterocycles. The maximum Gasteiger partial charge on any atom is 0.203 e. The molecular formula is C12H17N5. The van der Waals surface area contributed by atoms with Crippen LogP contribution in [0.15, 0.2) is 18.7 Å². The van der Waals surface area contributed by atoms with Crippen LogP contribution in [0.4, 0.5) is 5.82 Å². The molecule has 0 bridgehead atoms. The van der Waals surface area contributed by atoms with E-state index in [1.165, 1.54) is 25.7 Å². The third kappa shape index (κ3) is 1.97. The van der Waals surface area contributed by atoms with Gasteiger partial charge in [-0.15, -0.1) is 10.2 Å². The molecular weight excluding hydrogens is 214 g/mol. The van der Waals surface area contributed by atoms with Crippen LogP contribution in [0.3, 0.4) is 0 Å². The van der Waals surface area contributed by atoms with Gasteiger partial charge in [-0.1, -0.05) is 19.8 Å². The van der Waals surface area contributed by atoms with Crippen molar-refractivity contribution < 1.29 is 0 Å². The highest BCUT2D eigenvalue weighted by Crippen LogP contribution is 2.26. The number of hydrogen-bond acceptors (Lipinski definition) is 4. The summed E-state index contributed by atoms with van der Waals surface area (Å²) in [6.45, 7) is 2.31. The second-order valence-corrected chi connectivity index (χ2v) is 4.85. The lowest BCUT2D eigenvalue weighted by Gasteiger charge is -2.29. The third-order valence-corrected chi connectivity index (χ3v) is 3.65. The topological polar surface area (TPSA) is 55.1 Å². The summed E-state index contributed by atoms with van der Waals surface area (Å²) in [4.78, 5) is 4.37. The number of rotatable bonds is 2. The minimum Gasteiger partial charge on any atom is -0.364 e. The molecule has 2 atom stereocenters. The summed E-state index contributed by atoms with van der Waals surface area (Å²) < 4.78 is 1.89. The lowest BCUT2D eigenvalue weighted by atomic mass is 9.86. The molecule has 5 heteroatoms. The van der Waals surface area contributed by atoms with Crippen LogP contribution in [0.5, 0.6) is 0 Å². The van der Waals surface area contributed by atoms with Gasteiger partial charge in [-0.05, 0) is 18.8 Å². The van der Waals surface area contributed by atoms with E-state index in [2.05, 4.69) is 27.4 Å². The van der Waals surface area contributed by atoms with Crippen molar-refractivity contribution in [1.29, 1.82) is 0 Å². The molecule has 0 amide bonds. The number of fused-ring (bicyclic) bond motifs is 1. The molecule has 17 heavy (non-hydrogen) atoms. The second-order valence-electron chi connectivity index (χ2n) is 4.85. The fourth-order valence-electron chi connectivity index (χ4n) is 2.57. The van der Waals surface area contributed by atoms with Crippen molar-refractivity contribution in [2.75, 3.05) is 5.32 Å². The van der Waals surface area contributed by atoms with Gasteiger partial charge in [-0.25, -0.2) is 4.98 Å². The average molecular weight is 231 g/mol. The standard InChI is InChI=1S/C12H17N5/c1-9-4-2-3-5-10(9)15-11-12-16-14-8-17(12)7-6-13-11/h6-10H,2-5H2,1H3,(H,13,15). The molecule has 5 nitrogen and oxygen atoms in total. The predicted molar refractivity (Wildman–Crippen MR) is 65.8 cm³/mol. The highest BCUT2D eigenvalue weighted by molar-refractivity contribution is 5.61. The Hall–Kier alpha value is -1.65. The van der Waals surface area contributed by atoms with Gasteiger partial charge < -0.3 is 5.32 Å². The summed E-state index contributed by atoms with van der Waals surface area (Å²) in [6.07, 6.45) is 10.5. The van der Waals surface area contributed by atoms with Crippen molar-refractivity contribution >= 4 is 11.5 Å². The normalized spacial score (nSPS) is 25.0. The Morgan fingerprint density at radius 3 is 3.12 bits per heavy atom. The summed E-state index contributed by atoms with van der Waals surface area (Å²) in [5, 5.41) is 11.5. The SMILES string of the molecule is CC1CCCCC1Nc1nccn2cnnc12. The minimum atomic E-state index is 0.513. The summed E-state index contributed by atoms with van der Waals surface area (Å²) in [5.74, 6) is 1.55. The van der Waals surface area contributed by atoms with E-state index >= 15 is 0 Å². The molecule has 90 valence electrons. The molecule has 2 unspecified atom stereocenters. The molecule has 0 aliphatic heterocycles. The number of anilines is 1. The van der Waals surface area contributed by atoms with Gasteiger partial charge in [0, 0.05) is 18.4 Å². The fourth-order valence-corrected chi connectivity index (χ4v) is 2.57. The van der Waals surface area contributed by atoms with E-state index in [0.29, 0.717) is 12.0 Å². The quantitative estimate of drug-likeness (QED) is 0.860. The first-order valence-electron chi connectivity index (χ1n) is 6.25. The lowest BCUT2D eigenvalue weighted by molar-refractivity contribution is 0.349. The Morgan fingerprint density at radius 2 is 2.24 bits per heavy atom. The Morgan fingerprint density at radius 1 is 1.35 bits per heavy atom. The van der Waals surface area contributed by atoms with Gasteiger partial charge in [-0.2, -0.15) is 0 Å². The van der Waals surface area contributed by atoms with Crippen LogP contribution in [0.1, 0.15) is 32.6 Å². The van der Waals surface area contributed by atoms with E-state index in [1.807, 2.05) is 10.6 Å². The van der Waals surface area contributed by atoms with Crippen LogP contribution in [0, 0.1) is 5.92 Å². The zero-order chi connectivity index (χ0) is 11.7. The molecule has 1 aliphatic rings. The van der Waals surface area contributed by atoms with Gasteiger partial charge in [0.05, 0.1) is 0 Å². The molecule has 0 radical (unpaired) electrons. The summed E-state index contributed by atoms with van der Waals surface area (Å²) in [7, 11) is 0. The maximum atomic E-state index is 4.37. The predicted octanol–water partition coefficient (Wildman–Crippen LogP) is 2.11. The molecule has 0 saturated heterocycles. The average Bonchev–Trinajstić information content (AvgIpc) is 2.81. The number of nitrogens with one attached hydrogen (secondary N) is 1. The summed E-state index contributed by atoms with van der Waals surface area (Å²) in [5.41, 5.74) is 0.810. The minimum absolute atomic E-state index is 0.513. The first-order chi connectivity index (χ1) is 8.34. The van der Waals surface area contributed by atoms with Crippen LogP contribution in [-0.4, -0.2) is 25.6 Å². The second kappa shape index (κ2) is 4.31. The summed E-state index contributed by atoms with van der Waals surface area (Å²) in [6, 6.07) is 0.513. The molecule has 2 aromatic rings. The van der Waals surface area contributed by atoms with Gasteiger partial charge in [0.15, 0.2) is 5.82 Å². The molecule has 1 fully saturated rings. The largest absolute Gasteiger partial charge is 0.364 e. The van der Waals surface area contributed by atoms with Crippen molar-refractivity contribution in [1.82, 2.24) is 19.6 Å². The lowest BCUT2D eigenvalue weighted by Crippen LogP contribution is -2.30. The monoisotopic (exact) mass is 231 g/mol. The van der Waals surface area contributed by atoms with Gasteiger partial charge in [0.2, 0.25) is 5.65 Å². The highest BCUT2D eigenvalue weighted by Gasteiger charge is 2.22. The Labute approximate surface area is 100 Å². The van der Waals surface area contributed by atoms with E-state index < -0.39 is 0 Å². The van der Waals surface area contributed by atoms with Crippen molar-refractivity contribution in [2.24, 2.45) is 5.92 Å². The van der Waals surface area contributed by atoms with Gasteiger partial charge >= 0.3 is 0 Å². The van der Waals surface area contributed by atoms with E-state index in [0.717, 1.165) is 11.5 Å². The fraction of sp³-hybridized carbons (Fsp3) is 0.583. The number of aromatic nitrogens is 4. The van der Waals surface area contributed by atoms with Crippen molar-refractivity contribution in [3.05, 3.63) is 18.7 Å². The van der Waals surface area contributed by atoms with Crippen molar-refractivity contribution in [3.8, 4) is 0 Å². The molecule has 1 saturated carbocycles. The van der Waals surface area contributed by atoms with Crippen LogP contribution < -0.4 is 5.32 Å². The van der Waals surface area contributed by atoms with Gasteiger partial charge in [0.25, 0.3) is 0 Å². The molecule has 2 aromatic heterocycles. The smallest absolute Gasteiger partial charge is 0.203 e. The van der Waals surface area contributed by atoms with Crippen molar-refractivity contribution in [3.63, 3.8) is 0 Å². The molecule has 1 N–H and O–H groups in total. The first kappa shape index (κ1) is 10.5. The van der Waals surface area contributed by atoms with E-state index in [9.17, 15) is 0 Å². The Balaban J connectivity index is 1.86. The van der Waals surface area contributed by atoms with Crippen LogP contribution in [-0.2, 0) is 0 Å². The molecule has 0 aromatic carbocycles. The van der Waals surface area contributed by atoms with E-state index in [1.54, 1.807) is 12.5 Å². The molecule has 3 rings (SSSR count). The van der Waals surface area contributed by atoms with Crippen molar-refractivity contribution in [2.45, 2.75) is 38.6 Å². The van der Waals surface area contributed by atoms with Crippen LogP contribution in [0.25, 0.3) is 5.65 Å². The summed E-state index contributed by atoms with van der Waals surface area (Å²) >= 11 is 0. The third-order valence-electron chi connectivity index (χ3n) is 3.65. The van der Waals surface area contributed by atoms with Crippen LogP contribution >= 0.6 is 0 Å². The first-order valence-corrected chi connectivity index (χ1v) is 6.25. The molecule has 1 aliphatic carbocycles. The number of nitrogens with zero attached hydrogens (tertiary/aromatic N) is 4. The Kier molecular flexibility index (Phi) is 2.66. The highest BCUT2D eigenvalue weighted by atomic mass is 15.2.